The summed E-state index contributed by atoms with van der Waals surface area (Å²) in [6.45, 7) is 3.56. The summed E-state index contributed by atoms with van der Waals surface area (Å²) in [6.07, 6.45) is 0. The molecule has 1 aliphatic rings. The lowest BCUT2D eigenvalue weighted by Gasteiger charge is -2.22. The Morgan fingerprint density at radius 3 is 2.69 bits per heavy atom. The van der Waals surface area contributed by atoms with Gasteiger partial charge in [-0.2, -0.15) is 0 Å². The van der Waals surface area contributed by atoms with Crippen LogP contribution in [0.25, 0.3) is 11.0 Å². The van der Waals surface area contributed by atoms with Crippen LogP contribution in [0.2, 0.25) is 10.0 Å². The number of hydrogen-bond donors (Lipinski definition) is 0. The number of esters is 1. The van der Waals surface area contributed by atoms with E-state index in [9.17, 15) is 14.4 Å². The van der Waals surface area contributed by atoms with Gasteiger partial charge in [-0.05, 0) is 49.7 Å². The molecule has 7 nitrogen and oxygen atoms in total. The minimum atomic E-state index is -0.896. The van der Waals surface area contributed by atoms with Gasteiger partial charge in [0.2, 0.25) is 5.76 Å². The van der Waals surface area contributed by atoms with Crippen LogP contribution in [0.4, 0.5) is 5.13 Å². The molecule has 4 aromatic rings. The first-order valence-electron chi connectivity index (χ1n) is 10.4. The van der Waals surface area contributed by atoms with Crippen LogP contribution in [0.3, 0.4) is 0 Å². The Morgan fingerprint density at radius 1 is 1.20 bits per heavy atom. The van der Waals surface area contributed by atoms with Crippen molar-refractivity contribution in [3.05, 3.63) is 88.6 Å². The van der Waals surface area contributed by atoms with Crippen LogP contribution in [0.5, 0.6) is 0 Å². The van der Waals surface area contributed by atoms with E-state index in [1.165, 1.54) is 4.90 Å². The lowest BCUT2D eigenvalue weighted by molar-refractivity contribution is 0.0531. The van der Waals surface area contributed by atoms with Crippen molar-refractivity contribution in [1.82, 2.24) is 4.98 Å². The van der Waals surface area contributed by atoms with Gasteiger partial charge in [0.25, 0.3) is 5.91 Å². The van der Waals surface area contributed by atoms with Crippen LogP contribution in [-0.4, -0.2) is 23.5 Å². The summed E-state index contributed by atoms with van der Waals surface area (Å²) in [6, 6.07) is 8.97. The Morgan fingerprint density at radius 2 is 1.97 bits per heavy atom. The van der Waals surface area contributed by atoms with Crippen LogP contribution >= 0.6 is 50.5 Å². The fourth-order valence-corrected chi connectivity index (χ4v) is 5.67. The first-order valence-corrected chi connectivity index (χ1v) is 12.8. The largest absolute Gasteiger partial charge is 0.462 e. The number of amides is 1. The van der Waals surface area contributed by atoms with Crippen molar-refractivity contribution in [2.24, 2.45) is 0 Å². The summed E-state index contributed by atoms with van der Waals surface area (Å²) >= 11 is 16.8. The standard InChI is InChI=1S/C24H15BrCl2N2O5S/c1-3-33-23(32)21-10(2)28-24(35-21)29-18(11-4-6-14(26)15(27)8-11)17-19(30)13-9-12(25)5-7-16(13)34-20(17)22(29)31/h4-9,18H,3H2,1-2H3. The Labute approximate surface area is 221 Å². The van der Waals surface area contributed by atoms with E-state index in [-0.39, 0.29) is 44.0 Å². The van der Waals surface area contributed by atoms with Gasteiger partial charge < -0.3 is 9.15 Å². The molecule has 11 heteroatoms. The molecular weight excluding hydrogens is 579 g/mol. The van der Waals surface area contributed by atoms with E-state index < -0.39 is 17.9 Å². The van der Waals surface area contributed by atoms with E-state index in [0.29, 0.717) is 26.1 Å². The molecular formula is C24H15BrCl2N2O5S. The summed E-state index contributed by atoms with van der Waals surface area (Å²) in [5.41, 5.74) is 1.03. The van der Waals surface area contributed by atoms with Crippen molar-refractivity contribution in [3.8, 4) is 0 Å². The zero-order valence-electron chi connectivity index (χ0n) is 18.2. The fourth-order valence-electron chi connectivity index (χ4n) is 4.01. The van der Waals surface area contributed by atoms with Gasteiger partial charge in [-0.1, -0.05) is 56.5 Å². The molecule has 2 aromatic carbocycles. The molecule has 35 heavy (non-hydrogen) atoms. The lowest BCUT2D eigenvalue weighted by atomic mass is 9.99. The zero-order valence-corrected chi connectivity index (χ0v) is 22.1. The number of ether oxygens (including phenoxy) is 1. The Kier molecular flexibility index (Phi) is 6.21. The van der Waals surface area contributed by atoms with Gasteiger partial charge in [-0.25, -0.2) is 9.78 Å². The quantitative estimate of drug-likeness (QED) is 0.249. The molecule has 3 heterocycles. The van der Waals surface area contributed by atoms with Crippen molar-refractivity contribution >= 4 is 78.4 Å². The van der Waals surface area contributed by atoms with Gasteiger partial charge in [0.15, 0.2) is 10.6 Å². The van der Waals surface area contributed by atoms with Gasteiger partial charge in [0.05, 0.1) is 39.3 Å². The van der Waals surface area contributed by atoms with Crippen molar-refractivity contribution in [2.45, 2.75) is 19.9 Å². The van der Waals surface area contributed by atoms with Crippen molar-refractivity contribution in [3.63, 3.8) is 0 Å². The number of rotatable bonds is 4. The van der Waals surface area contributed by atoms with Gasteiger partial charge in [0, 0.05) is 4.47 Å². The molecule has 1 atom stereocenters. The topological polar surface area (TPSA) is 89.7 Å². The fraction of sp³-hybridized carbons (Fsp3) is 0.167. The molecule has 0 saturated carbocycles. The third-order valence-corrected chi connectivity index (χ3v) is 7.91. The minimum Gasteiger partial charge on any atom is -0.462 e. The van der Waals surface area contributed by atoms with Crippen molar-refractivity contribution < 1.29 is 18.7 Å². The van der Waals surface area contributed by atoms with E-state index in [4.69, 9.17) is 32.4 Å². The van der Waals surface area contributed by atoms with E-state index in [0.717, 1.165) is 11.3 Å². The van der Waals surface area contributed by atoms with Crippen molar-refractivity contribution in [1.29, 1.82) is 0 Å². The molecule has 0 bridgehead atoms. The normalized spacial score (nSPS) is 15.1. The number of carbonyl (C=O) groups excluding carboxylic acids is 2. The van der Waals surface area contributed by atoms with Gasteiger partial charge in [0.1, 0.15) is 10.5 Å². The SMILES string of the molecule is CCOC(=O)c1sc(N2C(=O)c3oc4ccc(Br)cc4c(=O)c3C2c2ccc(Cl)c(Cl)c2)nc1C. The molecule has 0 fully saturated rings. The average molecular weight is 594 g/mol. The highest BCUT2D eigenvalue weighted by molar-refractivity contribution is 9.10. The molecule has 0 N–H and O–H groups in total. The molecule has 2 aromatic heterocycles. The van der Waals surface area contributed by atoms with Crippen LogP contribution in [0.15, 0.2) is 50.1 Å². The highest BCUT2D eigenvalue weighted by atomic mass is 79.9. The molecule has 5 rings (SSSR count). The average Bonchev–Trinajstić information content (AvgIpc) is 3.34. The summed E-state index contributed by atoms with van der Waals surface area (Å²) in [5, 5.41) is 1.14. The number of aryl methyl sites for hydroxylation is 1. The first-order chi connectivity index (χ1) is 16.7. The van der Waals surface area contributed by atoms with E-state index >= 15 is 0 Å². The minimum absolute atomic E-state index is 0.0913. The smallest absolute Gasteiger partial charge is 0.350 e. The first kappa shape index (κ1) is 24.0. The molecule has 1 aliphatic heterocycles. The lowest BCUT2D eigenvalue weighted by Crippen LogP contribution is -2.29. The Hall–Kier alpha value is -2.72. The van der Waals surface area contributed by atoms with Crippen LogP contribution in [0, 0.1) is 6.92 Å². The summed E-state index contributed by atoms with van der Waals surface area (Å²) in [5.74, 6) is -1.18. The molecule has 178 valence electrons. The molecule has 0 saturated heterocycles. The van der Waals surface area contributed by atoms with Crippen LogP contribution < -0.4 is 10.3 Å². The predicted molar refractivity (Wildman–Crippen MR) is 138 cm³/mol. The second-order valence-corrected chi connectivity index (χ2v) is 10.4. The Balaban J connectivity index is 1.77. The van der Waals surface area contributed by atoms with E-state index in [1.54, 1.807) is 50.2 Å². The molecule has 1 amide bonds. The number of fused-ring (bicyclic) bond motifs is 2. The van der Waals surface area contributed by atoms with Gasteiger partial charge in [-0.15, -0.1) is 0 Å². The number of hydrogen-bond acceptors (Lipinski definition) is 7. The third kappa shape index (κ3) is 3.96. The maximum atomic E-state index is 13.7. The van der Waals surface area contributed by atoms with Crippen LogP contribution in [0.1, 0.15) is 50.0 Å². The maximum Gasteiger partial charge on any atom is 0.350 e. The number of nitrogens with zero attached hydrogens (tertiary/aromatic N) is 2. The molecule has 0 aliphatic carbocycles. The zero-order chi connectivity index (χ0) is 25.0. The van der Waals surface area contributed by atoms with Crippen LogP contribution in [-0.2, 0) is 4.74 Å². The van der Waals surface area contributed by atoms with E-state index in [2.05, 4.69) is 20.9 Å². The number of carbonyl (C=O) groups is 2. The van der Waals surface area contributed by atoms with Gasteiger partial charge in [-0.3, -0.25) is 14.5 Å². The molecule has 0 spiro atoms. The second-order valence-electron chi connectivity index (χ2n) is 7.70. The number of anilines is 1. The number of thiazole rings is 1. The number of benzene rings is 2. The van der Waals surface area contributed by atoms with Gasteiger partial charge >= 0.3 is 5.97 Å². The summed E-state index contributed by atoms with van der Waals surface area (Å²) in [7, 11) is 0. The van der Waals surface area contributed by atoms with Crippen molar-refractivity contribution in [2.75, 3.05) is 11.5 Å². The third-order valence-electron chi connectivity index (χ3n) is 5.54. The number of halogens is 3. The number of aromatic nitrogens is 1. The maximum absolute atomic E-state index is 13.7. The highest BCUT2D eigenvalue weighted by Crippen LogP contribution is 2.44. The predicted octanol–water partition coefficient (Wildman–Crippen LogP) is 6.55. The molecule has 0 radical (unpaired) electrons. The Bertz CT molecular complexity index is 1600. The summed E-state index contributed by atoms with van der Waals surface area (Å²) in [4.78, 5) is 45.9. The second kappa shape index (κ2) is 9.05. The van der Waals surface area contributed by atoms with E-state index in [1.807, 2.05) is 0 Å². The monoisotopic (exact) mass is 592 g/mol. The molecule has 1 unspecified atom stereocenters. The summed E-state index contributed by atoms with van der Waals surface area (Å²) < 4.78 is 11.8. The highest BCUT2D eigenvalue weighted by Gasteiger charge is 2.45.